The van der Waals surface area contributed by atoms with Gasteiger partial charge < -0.3 is 19.3 Å². The lowest BCUT2D eigenvalue weighted by molar-refractivity contribution is 0.0259. The molecule has 4 aliphatic rings. The Hall–Kier alpha value is -2.21. The molecule has 0 aromatic heterocycles. The smallest absolute Gasteiger partial charge is 0.410 e. The van der Waals surface area contributed by atoms with Crippen molar-refractivity contribution in [2.45, 2.75) is 67.6 Å². The summed E-state index contributed by atoms with van der Waals surface area (Å²) in [7, 11) is 0. The molecule has 0 N–H and O–H groups in total. The van der Waals surface area contributed by atoms with Gasteiger partial charge in [-0.2, -0.15) is 0 Å². The number of terminal acetylenes is 1. The fraction of sp³-hybridized carbons (Fsp3) is 0.526. The van der Waals surface area contributed by atoms with E-state index in [-0.39, 0.29) is 27.0 Å². The van der Waals surface area contributed by atoms with Crippen molar-refractivity contribution in [3.8, 4) is 24.2 Å². The first-order chi connectivity index (χ1) is 21.0. The highest BCUT2D eigenvalue weighted by Crippen LogP contribution is 2.52. The molecule has 2 aliphatic carbocycles. The SMILES string of the molecule is Brc1ccc(I)cc1.C.C.C#CC1[C@H]2CN(C(=O)OC(C)(C)C)C[C@@H]12.CC(C)(C)OC(=O)N1C[C@@H]2C(C#Cc3ccc(Br)cc3)[C@@H]2C1. The highest BCUT2D eigenvalue weighted by molar-refractivity contribution is 14.1. The van der Waals surface area contributed by atoms with E-state index >= 15 is 0 Å². The number of halogens is 3. The molecule has 47 heavy (non-hydrogen) atoms. The molecular weight excluding hydrogens is 835 g/mol. The average Bonchev–Trinajstić information content (AvgIpc) is 3.61. The standard InChI is InChI=1S/C18H20BrNO2.C12H17NO2.C6H4BrI.2CH4/c1-18(2,3)22-17(21)20-10-15-14(16(15)11-20)9-6-12-4-7-13(19)8-5-12;1-5-8-9-6-13(7-10(8)9)11(14)15-12(2,3)4;7-5-1-3-6(8)4-2-5;;/h4-5,7-8,14-16H,10-11H2,1-3H3;1,8-10H,6-7H2,2-4H3;1-4H;2*1H4/t14?,15-,16+;8?,9-,10+;;;. The maximum atomic E-state index is 12.0. The molecule has 0 radical (unpaired) electrons. The lowest BCUT2D eigenvalue weighted by atomic mass is 10.2. The van der Waals surface area contributed by atoms with Gasteiger partial charge in [-0.3, -0.25) is 0 Å². The predicted octanol–water partition coefficient (Wildman–Crippen LogP) is 9.97. The van der Waals surface area contributed by atoms with Crippen molar-refractivity contribution in [2.75, 3.05) is 26.2 Å². The van der Waals surface area contributed by atoms with Crippen LogP contribution in [-0.2, 0) is 9.47 Å². The maximum absolute atomic E-state index is 12.0. The lowest BCUT2D eigenvalue weighted by Gasteiger charge is -2.25. The van der Waals surface area contributed by atoms with E-state index < -0.39 is 11.2 Å². The van der Waals surface area contributed by atoms with E-state index in [2.05, 4.69) is 84.3 Å². The fourth-order valence-electron chi connectivity index (χ4n) is 5.59. The minimum Gasteiger partial charge on any atom is -0.444 e. The molecule has 2 saturated carbocycles. The predicted molar refractivity (Wildman–Crippen MR) is 207 cm³/mol. The second kappa shape index (κ2) is 16.9. The summed E-state index contributed by atoms with van der Waals surface area (Å²) in [6.07, 6.45) is 4.96. The van der Waals surface area contributed by atoms with Gasteiger partial charge in [-0.25, -0.2) is 9.59 Å². The summed E-state index contributed by atoms with van der Waals surface area (Å²) in [6, 6.07) is 16.2. The van der Waals surface area contributed by atoms with Crippen molar-refractivity contribution in [3.63, 3.8) is 0 Å². The van der Waals surface area contributed by atoms with E-state index in [4.69, 9.17) is 15.9 Å². The third kappa shape index (κ3) is 12.3. The second-order valence-corrected chi connectivity index (χ2v) is 16.9. The molecule has 2 amide bonds. The zero-order chi connectivity index (χ0) is 33.1. The second-order valence-electron chi connectivity index (χ2n) is 13.9. The van der Waals surface area contributed by atoms with Crippen molar-refractivity contribution in [1.29, 1.82) is 0 Å². The van der Waals surface area contributed by atoms with Gasteiger partial charge in [0.2, 0.25) is 0 Å². The quantitative estimate of drug-likeness (QED) is 0.195. The number of amides is 2. The van der Waals surface area contributed by atoms with Crippen LogP contribution in [0.2, 0.25) is 0 Å². The number of carbonyl (C=O) groups excluding carboxylic acids is 2. The Kier molecular flexibility index (Phi) is 14.8. The summed E-state index contributed by atoms with van der Waals surface area (Å²) in [5.41, 5.74) is 0.206. The molecule has 6 nitrogen and oxygen atoms in total. The monoisotopic (exact) mass is 882 g/mol. The van der Waals surface area contributed by atoms with Crippen LogP contribution in [0.3, 0.4) is 0 Å². The van der Waals surface area contributed by atoms with Gasteiger partial charge in [0.15, 0.2) is 0 Å². The molecule has 2 aromatic carbocycles. The number of hydrogen-bond donors (Lipinski definition) is 0. The first kappa shape index (κ1) is 41.0. The molecule has 0 bridgehead atoms. The first-order valence-corrected chi connectivity index (χ1v) is 17.8. The van der Waals surface area contributed by atoms with E-state index in [1.165, 1.54) is 3.57 Å². The highest BCUT2D eigenvalue weighted by atomic mass is 127. The normalized spacial score (nSPS) is 24.3. The molecule has 256 valence electrons. The van der Waals surface area contributed by atoms with Crippen LogP contribution >= 0.6 is 54.5 Å². The number of piperidine rings is 2. The maximum Gasteiger partial charge on any atom is 0.410 e. The van der Waals surface area contributed by atoms with Gasteiger partial charge in [-0.15, -0.1) is 12.3 Å². The molecule has 4 fully saturated rings. The Bertz CT molecular complexity index is 1420. The third-order valence-electron chi connectivity index (χ3n) is 7.91. The van der Waals surface area contributed by atoms with E-state index in [1.807, 2.05) is 82.8 Å². The number of benzene rings is 2. The number of carbonyl (C=O) groups is 2. The number of hydrogen-bond acceptors (Lipinski definition) is 4. The van der Waals surface area contributed by atoms with Gasteiger partial charge in [-0.1, -0.05) is 58.6 Å². The van der Waals surface area contributed by atoms with Crippen molar-refractivity contribution in [3.05, 3.63) is 66.6 Å². The summed E-state index contributed by atoms with van der Waals surface area (Å²) in [5.74, 6) is 12.3. The van der Waals surface area contributed by atoms with E-state index in [0.717, 1.165) is 40.7 Å². The number of fused-ring (bicyclic) bond motifs is 2. The first-order valence-electron chi connectivity index (χ1n) is 15.1. The molecule has 2 aromatic rings. The average molecular weight is 885 g/mol. The van der Waals surface area contributed by atoms with Crippen LogP contribution in [0.1, 0.15) is 62.0 Å². The van der Waals surface area contributed by atoms with Gasteiger partial charge in [0, 0.05) is 56.1 Å². The van der Waals surface area contributed by atoms with Gasteiger partial charge in [0.05, 0.1) is 0 Å². The number of ether oxygens (including phenoxy) is 2. The minimum absolute atomic E-state index is 0. The zero-order valence-corrected chi connectivity index (χ0v) is 32.0. The van der Waals surface area contributed by atoms with Crippen LogP contribution in [0.15, 0.2) is 57.5 Å². The van der Waals surface area contributed by atoms with E-state index in [1.54, 1.807) is 4.90 Å². The molecule has 6 atom stereocenters. The molecule has 0 spiro atoms. The van der Waals surface area contributed by atoms with Crippen molar-refractivity contribution in [1.82, 2.24) is 9.80 Å². The van der Waals surface area contributed by atoms with Gasteiger partial charge in [0.1, 0.15) is 11.2 Å². The lowest BCUT2D eigenvalue weighted by Crippen LogP contribution is -2.37. The van der Waals surface area contributed by atoms with Crippen LogP contribution in [0.4, 0.5) is 9.59 Å². The Morgan fingerprint density at radius 1 is 0.723 bits per heavy atom. The summed E-state index contributed by atoms with van der Waals surface area (Å²) >= 11 is 9.04. The van der Waals surface area contributed by atoms with Crippen LogP contribution < -0.4 is 0 Å². The Labute approximate surface area is 313 Å². The van der Waals surface area contributed by atoms with E-state index in [0.29, 0.717) is 35.5 Å². The van der Waals surface area contributed by atoms with Crippen LogP contribution in [-0.4, -0.2) is 59.4 Å². The summed E-state index contributed by atoms with van der Waals surface area (Å²) in [6.45, 7) is 14.4. The molecule has 9 heteroatoms. The highest BCUT2D eigenvalue weighted by Gasteiger charge is 2.57. The van der Waals surface area contributed by atoms with Crippen LogP contribution in [0, 0.1) is 63.3 Å². The minimum atomic E-state index is -0.426. The summed E-state index contributed by atoms with van der Waals surface area (Å²) in [5, 5.41) is 0. The van der Waals surface area contributed by atoms with Crippen molar-refractivity contribution in [2.24, 2.45) is 35.5 Å². The summed E-state index contributed by atoms with van der Waals surface area (Å²) < 4.78 is 14.2. The third-order valence-corrected chi connectivity index (χ3v) is 9.69. The topological polar surface area (TPSA) is 59.1 Å². The van der Waals surface area contributed by atoms with Gasteiger partial charge in [-0.05, 0) is 136 Å². The molecule has 6 rings (SSSR count). The molecular formula is C38H49Br2IN2O4. The van der Waals surface area contributed by atoms with Crippen LogP contribution in [0.25, 0.3) is 0 Å². The largest absolute Gasteiger partial charge is 0.444 e. The Morgan fingerprint density at radius 2 is 1.09 bits per heavy atom. The fourth-order valence-corrected chi connectivity index (χ4v) is 6.48. The molecule has 2 saturated heterocycles. The van der Waals surface area contributed by atoms with Crippen molar-refractivity contribution >= 4 is 66.6 Å². The molecule has 2 unspecified atom stereocenters. The zero-order valence-electron chi connectivity index (χ0n) is 26.6. The molecule has 2 heterocycles. The number of likely N-dealkylation sites (tertiary alicyclic amines) is 2. The van der Waals surface area contributed by atoms with E-state index in [9.17, 15) is 9.59 Å². The number of nitrogens with zero attached hydrogens (tertiary/aromatic N) is 2. The Balaban J connectivity index is 0.000000266. The summed E-state index contributed by atoms with van der Waals surface area (Å²) in [4.78, 5) is 27.3. The Morgan fingerprint density at radius 3 is 1.43 bits per heavy atom. The molecule has 2 aliphatic heterocycles. The van der Waals surface area contributed by atoms with Gasteiger partial charge >= 0.3 is 12.2 Å². The van der Waals surface area contributed by atoms with Crippen molar-refractivity contribution < 1.29 is 19.1 Å². The van der Waals surface area contributed by atoms with Crippen LogP contribution in [0.5, 0.6) is 0 Å². The van der Waals surface area contributed by atoms with Gasteiger partial charge in [0.25, 0.3) is 0 Å². The number of rotatable bonds is 0.